The van der Waals surface area contributed by atoms with Crippen LogP contribution in [-0.4, -0.2) is 23.8 Å². The molecule has 0 aromatic carbocycles. The molecule has 0 fully saturated rings. The maximum absolute atomic E-state index is 11.2. The molecule has 13 heavy (non-hydrogen) atoms. The number of hydrogen-bond donors (Lipinski definition) is 0. The Kier molecular flexibility index (Phi) is 3.91. The minimum Gasteiger partial charge on any atom is -0.458 e. The highest BCUT2D eigenvalue weighted by atomic mass is 16.6. The van der Waals surface area contributed by atoms with Crippen molar-refractivity contribution in [2.45, 2.75) is 52.7 Å². The smallest absolute Gasteiger partial charge is 0.332 e. The molecule has 0 unspecified atom stereocenters. The summed E-state index contributed by atoms with van der Waals surface area (Å²) in [6.07, 6.45) is 0. The molecule has 0 aliphatic carbocycles. The van der Waals surface area contributed by atoms with Gasteiger partial charge in [0, 0.05) is 0 Å². The fourth-order valence-electron chi connectivity index (χ4n) is 0.646. The van der Waals surface area contributed by atoms with Gasteiger partial charge in [-0.05, 0) is 41.5 Å². The van der Waals surface area contributed by atoms with Gasteiger partial charge >= 0.3 is 5.97 Å². The average Bonchev–Trinajstić information content (AvgIpc) is 1.78. The van der Waals surface area contributed by atoms with Crippen molar-refractivity contribution in [1.29, 1.82) is 0 Å². The van der Waals surface area contributed by atoms with Crippen LogP contribution in [0.25, 0.3) is 0 Å². The SMILES string of the molecule is CC(C)(C)OCC(=O)OC(C)(C)C. The van der Waals surface area contributed by atoms with Gasteiger partial charge in [0.1, 0.15) is 12.2 Å². The molecule has 3 nitrogen and oxygen atoms in total. The molecule has 0 radical (unpaired) electrons. The van der Waals surface area contributed by atoms with Crippen LogP contribution in [0.2, 0.25) is 0 Å². The predicted molar refractivity (Wildman–Crippen MR) is 51.6 cm³/mol. The third-order valence-electron chi connectivity index (χ3n) is 1.04. The Hall–Kier alpha value is -0.570. The number of carbonyl (C=O) groups is 1. The van der Waals surface area contributed by atoms with Gasteiger partial charge in [-0.1, -0.05) is 0 Å². The number of carbonyl (C=O) groups excluding carboxylic acids is 1. The number of rotatable bonds is 2. The molecule has 0 heterocycles. The highest BCUT2D eigenvalue weighted by molar-refractivity contribution is 5.71. The fourth-order valence-corrected chi connectivity index (χ4v) is 0.646. The highest BCUT2D eigenvalue weighted by Gasteiger charge is 2.18. The quantitative estimate of drug-likeness (QED) is 0.623. The third-order valence-corrected chi connectivity index (χ3v) is 1.04. The summed E-state index contributed by atoms with van der Waals surface area (Å²) in [5.41, 5.74) is -0.727. The topological polar surface area (TPSA) is 35.5 Å². The maximum atomic E-state index is 11.2. The fraction of sp³-hybridized carbons (Fsp3) is 0.900. The van der Waals surface area contributed by atoms with Crippen LogP contribution in [0.15, 0.2) is 0 Å². The van der Waals surface area contributed by atoms with Gasteiger partial charge in [-0.25, -0.2) is 4.79 Å². The maximum Gasteiger partial charge on any atom is 0.332 e. The van der Waals surface area contributed by atoms with E-state index >= 15 is 0 Å². The van der Waals surface area contributed by atoms with E-state index in [1.807, 2.05) is 41.5 Å². The summed E-state index contributed by atoms with van der Waals surface area (Å²) in [5, 5.41) is 0. The first-order valence-corrected chi connectivity index (χ1v) is 4.46. The lowest BCUT2D eigenvalue weighted by Crippen LogP contribution is -2.30. The zero-order valence-corrected chi connectivity index (χ0v) is 9.43. The lowest BCUT2D eigenvalue weighted by Gasteiger charge is -2.22. The molecule has 0 amide bonds. The van der Waals surface area contributed by atoms with Gasteiger partial charge in [0.25, 0.3) is 0 Å². The van der Waals surface area contributed by atoms with E-state index in [2.05, 4.69) is 0 Å². The molecule has 0 atom stereocenters. The Morgan fingerprint density at radius 3 is 1.77 bits per heavy atom. The normalized spacial score (nSPS) is 12.8. The predicted octanol–water partition coefficient (Wildman–Crippen LogP) is 2.14. The van der Waals surface area contributed by atoms with Crippen molar-refractivity contribution in [3.05, 3.63) is 0 Å². The summed E-state index contributed by atoms with van der Waals surface area (Å²) in [6, 6.07) is 0. The zero-order valence-electron chi connectivity index (χ0n) is 9.43. The molecule has 3 heteroatoms. The van der Waals surface area contributed by atoms with Gasteiger partial charge < -0.3 is 9.47 Å². The van der Waals surface area contributed by atoms with Gasteiger partial charge in [0.15, 0.2) is 0 Å². The monoisotopic (exact) mass is 188 g/mol. The van der Waals surface area contributed by atoms with Crippen LogP contribution < -0.4 is 0 Å². The molecule has 78 valence electrons. The molecule has 0 aliphatic heterocycles. The van der Waals surface area contributed by atoms with E-state index in [4.69, 9.17) is 9.47 Å². The molecule has 0 aromatic heterocycles. The lowest BCUT2D eigenvalue weighted by atomic mass is 10.2. The Morgan fingerprint density at radius 1 is 1.00 bits per heavy atom. The van der Waals surface area contributed by atoms with Gasteiger partial charge in [0.2, 0.25) is 0 Å². The van der Waals surface area contributed by atoms with Gasteiger partial charge in [-0.15, -0.1) is 0 Å². The summed E-state index contributed by atoms with van der Waals surface area (Å²) < 4.78 is 10.3. The van der Waals surface area contributed by atoms with E-state index in [1.165, 1.54) is 0 Å². The van der Waals surface area contributed by atoms with Gasteiger partial charge in [-0.3, -0.25) is 0 Å². The zero-order chi connectivity index (χ0) is 10.7. The first-order valence-electron chi connectivity index (χ1n) is 4.46. The molecular weight excluding hydrogens is 168 g/mol. The largest absolute Gasteiger partial charge is 0.458 e. The Bertz CT molecular complexity index is 172. The lowest BCUT2D eigenvalue weighted by molar-refractivity contribution is -0.164. The van der Waals surface area contributed by atoms with E-state index in [9.17, 15) is 4.79 Å². The summed E-state index contributed by atoms with van der Waals surface area (Å²) in [5.74, 6) is -0.317. The van der Waals surface area contributed by atoms with Crippen molar-refractivity contribution in [3.63, 3.8) is 0 Å². The Balaban J connectivity index is 3.78. The first-order chi connectivity index (χ1) is 5.60. The highest BCUT2D eigenvalue weighted by Crippen LogP contribution is 2.10. The third kappa shape index (κ3) is 9.34. The molecule has 0 rings (SSSR count). The summed E-state index contributed by atoms with van der Waals surface area (Å²) in [4.78, 5) is 11.2. The second-order valence-corrected chi connectivity index (χ2v) is 4.99. The van der Waals surface area contributed by atoms with Gasteiger partial charge in [-0.2, -0.15) is 0 Å². The average molecular weight is 188 g/mol. The first kappa shape index (κ1) is 12.4. The van der Waals surface area contributed by atoms with Crippen molar-refractivity contribution in [2.75, 3.05) is 6.61 Å². The van der Waals surface area contributed by atoms with Crippen LogP contribution in [0.5, 0.6) is 0 Å². The Morgan fingerprint density at radius 2 is 1.46 bits per heavy atom. The van der Waals surface area contributed by atoms with Crippen molar-refractivity contribution in [3.8, 4) is 0 Å². The molecule has 0 N–H and O–H groups in total. The van der Waals surface area contributed by atoms with Crippen LogP contribution in [-0.2, 0) is 14.3 Å². The molecule has 0 spiro atoms. The second-order valence-electron chi connectivity index (χ2n) is 4.99. The van der Waals surface area contributed by atoms with Crippen LogP contribution in [0.1, 0.15) is 41.5 Å². The second kappa shape index (κ2) is 4.09. The molecule has 0 aliphatic rings. The van der Waals surface area contributed by atoms with Crippen LogP contribution in [0, 0.1) is 0 Å². The van der Waals surface area contributed by atoms with Crippen LogP contribution >= 0.6 is 0 Å². The van der Waals surface area contributed by atoms with Crippen molar-refractivity contribution >= 4 is 5.97 Å². The molecule has 0 bridgehead atoms. The molecule has 0 saturated heterocycles. The van der Waals surface area contributed by atoms with E-state index in [0.29, 0.717) is 0 Å². The summed E-state index contributed by atoms with van der Waals surface area (Å²) in [6.45, 7) is 11.2. The number of ether oxygens (including phenoxy) is 2. The minimum absolute atomic E-state index is 0.0147. The molecule has 0 saturated carbocycles. The van der Waals surface area contributed by atoms with E-state index in [0.717, 1.165) is 0 Å². The minimum atomic E-state index is -0.432. The summed E-state index contributed by atoms with van der Waals surface area (Å²) >= 11 is 0. The van der Waals surface area contributed by atoms with E-state index in [1.54, 1.807) is 0 Å². The van der Waals surface area contributed by atoms with E-state index < -0.39 is 5.60 Å². The summed E-state index contributed by atoms with van der Waals surface area (Å²) in [7, 11) is 0. The van der Waals surface area contributed by atoms with Crippen molar-refractivity contribution < 1.29 is 14.3 Å². The number of esters is 1. The molecule has 0 aromatic rings. The number of hydrogen-bond acceptors (Lipinski definition) is 3. The van der Waals surface area contributed by atoms with Crippen LogP contribution in [0.3, 0.4) is 0 Å². The van der Waals surface area contributed by atoms with E-state index in [-0.39, 0.29) is 18.2 Å². The standard InChI is InChI=1S/C10H20O3/c1-9(2,3)12-7-8(11)13-10(4,5)6/h7H2,1-6H3. The van der Waals surface area contributed by atoms with Crippen LogP contribution in [0.4, 0.5) is 0 Å². The molecular formula is C10H20O3. The van der Waals surface area contributed by atoms with Crippen molar-refractivity contribution in [1.82, 2.24) is 0 Å². The van der Waals surface area contributed by atoms with Gasteiger partial charge in [0.05, 0.1) is 5.60 Å². The van der Waals surface area contributed by atoms with Crippen molar-refractivity contribution in [2.24, 2.45) is 0 Å². The Labute approximate surface area is 80.4 Å².